The van der Waals surface area contributed by atoms with E-state index in [1.807, 2.05) is 0 Å². The lowest BCUT2D eigenvalue weighted by Gasteiger charge is -2.30. The van der Waals surface area contributed by atoms with E-state index >= 15 is 0 Å². The predicted octanol–water partition coefficient (Wildman–Crippen LogP) is 1.05. The molecule has 5 N–H and O–H groups in total. The van der Waals surface area contributed by atoms with Crippen LogP contribution in [0.1, 0.15) is 20.8 Å². The zero-order valence-corrected chi connectivity index (χ0v) is 12.1. The second-order valence-corrected chi connectivity index (χ2v) is 6.43. The second-order valence-electron chi connectivity index (χ2n) is 3.61. The van der Waals surface area contributed by atoms with E-state index in [2.05, 4.69) is 5.32 Å². The van der Waals surface area contributed by atoms with Crippen LogP contribution in [0.2, 0.25) is 0 Å². The number of halogens is 1. The van der Waals surface area contributed by atoms with Gasteiger partial charge in [-0.05, 0) is 24.6 Å². The van der Waals surface area contributed by atoms with E-state index in [4.69, 9.17) is 16.2 Å². The van der Waals surface area contributed by atoms with Gasteiger partial charge in [0.05, 0.1) is 4.75 Å². The van der Waals surface area contributed by atoms with Crippen LogP contribution in [0.3, 0.4) is 0 Å². The molecule has 1 unspecified atom stereocenters. The number of rotatable bonds is 5. The highest BCUT2D eigenvalue weighted by atomic mass is 35.5. The molecule has 0 rings (SSSR count). The highest BCUT2D eigenvalue weighted by Crippen LogP contribution is 2.37. The van der Waals surface area contributed by atoms with Crippen LogP contribution >= 0.6 is 34.0 Å². The van der Waals surface area contributed by atoms with Gasteiger partial charge in [0.15, 0.2) is 5.17 Å². The average molecular weight is 302 g/mol. The highest BCUT2D eigenvalue weighted by Gasteiger charge is 2.37. The molecule has 9 heteroatoms. The normalized spacial score (nSPS) is 12.2. The molecule has 0 aliphatic rings. The van der Waals surface area contributed by atoms with Crippen molar-refractivity contribution in [2.24, 2.45) is 5.73 Å². The maximum absolute atomic E-state index is 11.0. The van der Waals surface area contributed by atoms with Crippen molar-refractivity contribution in [3.05, 3.63) is 0 Å². The van der Waals surface area contributed by atoms with Crippen molar-refractivity contribution in [2.75, 3.05) is 0 Å². The summed E-state index contributed by atoms with van der Waals surface area (Å²) in [5.41, 5.74) is 5.17. The fraction of sp³-hybridized carbons (Fsp3) is 0.625. The lowest BCUT2D eigenvalue weighted by atomic mass is 10.0. The van der Waals surface area contributed by atoms with E-state index in [1.54, 1.807) is 13.8 Å². The van der Waals surface area contributed by atoms with Gasteiger partial charge >= 0.3 is 5.97 Å². The van der Waals surface area contributed by atoms with Crippen molar-refractivity contribution in [1.29, 1.82) is 5.41 Å². The number of carboxylic acid groups (broad SMARTS) is 1. The van der Waals surface area contributed by atoms with Crippen LogP contribution in [0.15, 0.2) is 0 Å². The van der Waals surface area contributed by atoms with Crippen LogP contribution in [-0.2, 0) is 9.59 Å². The van der Waals surface area contributed by atoms with Gasteiger partial charge < -0.3 is 16.2 Å². The van der Waals surface area contributed by atoms with Gasteiger partial charge in [-0.2, -0.15) is 0 Å². The molecule has 0 fully saturated rings. The van der Waals surface area contributed by atoms with Gasteiger partial charge in [0.2, 0.25) is 5.91 Å². The zero-order chi connectivity index (χ0) is 12.9. The Bertz CT molecular complexity index is 312. The van der Waals surface area contributed by atoms with Gasteiger partial charge in [-0.15, -0.1) is 12.4 Å². The minimum absolute atomic E-state index is 0. The van der Waals surface area contributed by atoms with E-state index < -0.39 is 22.7 Å². The molecule has 0 bridgehead atoms. The quantitative estimate of drug-likeness (QED) is 0.343. The van der Waals surface area contributed by atoms with Crippen molar-refractivity contribution in [2.45, 2.75) is 31.6 Å². The molecule has 100 valence electrons. The van der Waals surface area contributed by atoms with Gasteiger partial charge in [-0.3, -0.25) is 10.2 Å². The fourth-order valence-electron chi connectivity index (χ4n) is 0.937. The first kappa shape index (κ1) is 18.8. The molecule has 0 spiro atoms. The monoisotopic (exact) mass is 301 g/mol. The molecule has 0 saturated heterocycles. The largest absolute Gasteiger partial charge is 0.480 e. The summed E-state index contributed by atoms with van der Waals surface area (Å²) in [6.45, 7) is 4.60. The first-order valence-electron chi connectivity index (χ1n) is 4.36. The molecule has 6 nitrogen and oxygen atoms in total. The van der Waals surface area contributed by atoms with Crippen LogP contribution in [0.25, 0.3) is 0 Å². The standard InChI is InChI=1S/C8H15N3O3S2.ClH/c1-4(12)11-5(6(13)14)8(2,3)16-15-7(9)10;/h5H,1-3H3,(H3,9,10)(H,11,12)(H,13,14);1H. The van der Waals surface area contributed by atoms with E-state index in [0.29, 0.717) is 0 Å². The molecule has 0 aliphatic carbocycles. The maximum Gasteiger partial charge on any atom is 0.327 e. The van der Waals surface area contributed by atoms with E-state index in [9.17, 15) is 9.59 Å². The molecule has 0 aromatic heterocycles. The lowest BCUT2D eigenvalue weighted by Crippen LogP contribution is -2.51. The molecule has 0 heterocycles. The Hall–Kier alpha value is -0.600. The maximum atomic E-state index is 11.0. The summed E-state index contributed by atoms with van der Waals surface area (Å²) in [4.78, 5) is 21.9. The number of amides is 1. The van der Waals surface area contributed by atoms with Crippen LogP contribution in [0.4, 0.5) is 0 Å². The summed E-state index contributed by atoms with van der Waals surface area (Å²) in [6, 6.07) is -1.03. The van der Waals surface area contributed by atoms with Crippen molar-refractivity contribution in [1.82, 2.24) is 5.32 Å². The van der Waals surface area contributed by atoms with Crippen molar-refractivity contribution in [3.63, 3.8) is 0 Å². The molecule has 0 aromatic carbocycles. The van der Waals surface area contributed by atoms with Gasteiger partial charge in [0.25, 0.3) is 0 Å². The number of hydrogen-bond acceptors (Lipinski definition) is 5. The Kier molecular flexibility index (Phi) is 8.47. The summed E-state index contributed by atoms with van der Waals surface area (Å²) < 4.78 is -0.770. The summed E-state index contributed by atoms with van der Waals surface area (Å²) in [7, 11) is 2.11. The smallest absolute Gasteiger partial charge is 0.327 e. The molecule has 0 radical (unpaired) electrons. The summed E-state index contributed by atoms with van der Waals surface area (Å²) in [5.74, 6) is -1.52. The molecule has 17 heavy (non-hydrogen) atoms. The molecule has 0 saturated carbocycles. The van der Waals surface area contributed by atoms with Gasteiger partial charge in [-0.1, -0.05) is 10.8 Å². The number of carbonyl (C=O) groups is 2. The van der Waals surface area contributed by atoms with Crippen LogP contribution in [-0.4, -0.2) is 32.9 Å². The minimum Gasteiger partial charge on any atom is -0.480 e. The number of hydrogen-bond donors (Lipinski definition) is 4. The van der Waals surface area contributed by atoms with Crippen LogP contribution in [0.5, 0.6) is 0 Å². The number of nitrogens with one attached hydrogen (secondary N) is 2. The summed E-state index contributed by atoms with van der Waals surface area (Å²) >= 11 is 0. The summed E-state index contributed by atoms with van der Waals surface area (Å²) in [6.07, 6.45) is 0. The van der Waals surface area contributed by atoms with Gasteiger partial charge in [0, 0.05) is 6.92 Å². The topological polar surface area (TPSA) is 116 Å². The molecule has 1 atom stereocenters. The number of amidine groups is 1. The third-order valence-corrected chi connectivity index (χ3v) is 4.64. The Morgan fingerprint density at radius 1 is 1.47 bits per heavy atom. The average Bonchev–Trinajstić information content (AvgIpc) is 2.10. The minimum atomic E-state index is -1.11. The Labute approximate surface area is 114 Å². The molecule has 0 aliphatic heterocycles. The number of aliphatic carboxylic acids is 1. The number of carbonyl (C=O) groups excluding carboxylic acids is 1. The molecular formula is C8H16ClN3O3S2. The second kappa shape index (κ2) is 7.67. The third-order valence-electron chi connectivity index (χ3n) is 1.64. The van der Waals surface area contributed by atoms with Gasteiger partial charge in [-0.25, -0.2) is 4.79 Å². The lowest BCUT2D eigenvalue weighted by molar-refractivity contribution is -0.142. The zero-order valence-electron chi connectivity index (χ0n) is 9.64. The van der Waals surface area contributed by atoms with E-state index in [-0.39, 0.29) is 17.6 Å². The summed E-state index contributed by atoms with van der Waals surface area (Å²) in [5, 5.41) is 18.3. The van der Waals surface area contributed by atoms with Crippen molar-refractivity contribution < 1.29 is 14.7 Å². The van der Waals surface area contributed by atoms with Crippen molar-refractivity contribution >= 4 is 51.0 Å². The molecule has 1 amide bonds. The van der Waals surface area contributed by atoms with Crippen molar-refractivity contribution in [3.8, 4) is 0 Å². The Morgan fingerprint density at radius 2 is 1.94 bits per heavy atom. The first-order valence-corrected chi connectivity index (χ1v) is 6.51. The first-order chi connectivity index (χ1) is 7.16. The number of carboxylic acids is 1. The Balaban J connectivity index is 0. The predicted molar refractivity (Wildman–Crippen MR) is 73.7 cm³/mol. The van der Waals surface area contributed by atoms with E-state index in [0.717, 1.165) is 21.6 Å². The molecule has 0 aromatic rings. The third kappa shape index (κ3) is 7.35. The van der Waals surface area contributed by atoms with Crippen LogP contribution in [0, 0.1) is 5.41 Å². The van der Waals surface area contributed by atoms with Crippen LogP contribution < -0.4 is 11.1 Å². The van der Waals surface area contributed by atoms with E-state index in [1.165, 1.54) is 6.92 Å². The van der Waals surface area contributed by atoms with Gasteiger partial charge in [0.1, 0.15) is 6.04 Å². The highest BCUT2D eigenvalue weighted by molar-refractivity contribution is 8.82. The molecular weight excluding hydrogens is 286 g/mol. The SMILES string of the molecule is CC(=O)NC(C(=O)O)C(C)(C)SSC(=N)N.Cl. The Morgan fingerprint density at radius 3 is 2.24 bits per heavy atom. The fourth-order valence-corrected chi connectivity index (χ4v) is 2.70. The number of nitrogens with two attached hydrogens (primary N) is 1.